The van der Waals surface area contributed by atoms with Gasteiger partial charge in [-0.2, -0.15) is 13.8 Å². The van der Waals surface area contributed by atoms with E-state index in [0.29, 0.717) is 0 Å². The van der Waals surface area contributed by atoms with E-state index in [1.165, 1.54) is 13.0 Å². The van der Waals surface area contributed by atoms with E-state index < -0.39 is 29.1 Å². The second-order valence-corrected chi connectivity index (χ2v) is 2.24. The molecule has 0 amide bonds. The largest absolute Gasteiger partial charge is 0.252 e. The van der Waals surface area contributed by atoms with Gasteiger partial charge in [-0.3, -0.25) is 0 Å². The van der Waals surface area contributed by atoms with Crippen molar-refractivity contribution < 1.29 is 17.6 Å². The van der Waals surface area contributed by atoms with Crippen LogP contribution in [0.15, 0.2) is 6.08 Å². The molecule has 0 bridgehead atoms. The molecule has 0 atom stereocenters. The Morgan fingerprint density at radius 1 is 1.00 bits per heavy atom. The molecule has 0 saturated carbocycles. The average molecular weight is 191 g/mol. The second kappa shape index (κ2) is 3.55. The highest BCUT2D eigenvalue weighted by molar-refractivity contribution is 5.49. The van der Waals surface area contributed by atoms with E-state index in [1.807, 2.05) is 0 Å². The molecule has 1 aromatic rings. The van der Waals surface area contributed by atoms with Crippen LogP contribution in [-0.4, -0.2) is 4.98 Å². The minimum atomic E-state index is -1.65. The summed E-state index contributed by atoms with van der Waals surface area (Å²) in [4.78, 5) is 2.40. The van der Waals surface area contributed by atoms with Gasteiger partial charge in [0.25, 0.3) is 11.9 Å². The molecule has 70 valence electrons. The van der Waals surface area contributed by atoms with Crippen molar-refractivity contribution in [2.45, 2.75) is 6.92 Å². The topological polar surface area (TPSA) is 12.9 Å². The number of pyridine rings is 1. The molecule has 0 aliphatic rings. The molecule has 0 saturated heterocycles. The lowest BCUT2D eigenvalue weighted by molar-refractivity contribution is 0.404. The first-order valence-corrected chi connectivity index (χ1v) is 3.40. The predicted molar refractivity (Wildman–Crippen MR) is 38.8 cm³/mol. The third-order valence-electron chi connectivity index (χ3n) is 1.36. The summed E-state index contributed by atoms with van der Waals surface area (Å²) in [6, 6.07) is 0. The third-order valence-corrected chi connectivity index (χ3v) is 1.36. The summed E-state index contributed by atoms with van der Waals surface area (Å²) < 4.78 is 50.3. The molecule has 0 spiro atoms. The quantitative estimate of drug-likeness (QED) is 0.491. The number of aromatic nitrogens is 1. The lowest BCUT2D eigenvalue weighted by Crippen LogP contribution is -2.02. The maximum Gasteiger partial charge on any atom is 0.252 e. The molecule has 0 aliphatic carbocycles. The molecule has 0 fully saturated rings. The van der Waals surface area contributed by atoms with Crippen molar-refractivity contribution in [1.82, 2.24) is 4.98 Å². The van der Waals surface area contributed by atoms with Crippen LogP contribution in [0.25, 0.3) is 6.08 Å². The van der Waals surface area contributed by atoms with Crippen molar-refractivity contribution >= 4 is 6.08 Å². The van der Waals surface area contributed by atoms with Gasteiger partial charge in [-0.05, 0) is 6.92 Å². The fourth-order valence-corrected chi connectivity index (χ4v) is 0.816. The first-order chi connectivity index (χ1) is 6.07. The first kappa shape index (κ1) is 9.70. The summed E-state index contributed by atoms with van der Waals surface area (Å²) in [7, 11) is 0. The van der Waals surface area contributed by atoms with E-state index in [-0.39, 0.29) is 0 Å². The second-order valence-electron chi connectivity index (χ2n) is 2.24. The van der Waals surface area contributed by atoms with Crippen LogP contribution in [0.4, 0.5) is 17.6 Å². The molecule has 1 rings (SSSR count). The molecule has 5 heteroatoms. The Morgan fingerprint density at radius 2 is 1.46 bits per heavy atom. The molecular formula is C8H5F4N. The Labute approximate surface area is 71.7 Å². The molecular weight excluding hydrogens is 186 g/mol. The maximum atomic E-state index is 12.7. The number of nitrogens with zero attached hydrogens (tertiary/aromatic N) is 1. The summed E-state index contributed by atoms with van der Waals surface area (Å²) in [6.07, 6.45) is 2.19. The van der Waals surface area contributed by atoms with Gasteiger partial charge in [-0.1, -0.05) is 12.2 Å². The fourth-order valence-electron chi connectivity index (χ4n) is 0.816. The molecule has 1 aromatic heterocycles. The number of rotatable bonds is 1. The molecule has 1 heterocycles. The molecule has 0 aromatic carbocycles. The van der Waals surface area contributed by atoms with Crippen LogP contribution < -0.4 is 0 Å². The summed E-state index contributed by atoms with van der Waals surface area (Å²) >= 11 is 0. The van der Waals surface area contributed by atoms with Gasteiger partial charge in [-0.25, -0.2) is 8.78 Å². The van der Waals surface area contributed by atoms with Crippen molar-refractivity contribution in [1.29, 1.82) is 0 Å². The van der Waals surface area contributed by atoms with Crippen LogP contribution in [0.3, 0.4) is 0 Å². The van der Waals surface area contributed by atoms with Crippen LogP contribution in [0.2, 0.25) is 0 Å². The van der Waals surface area contributed by atoms with Crippen LogP contribution in [0.5, 0.6) is 0 Å². The van der Waals surface area contributed by atoms with E-state index >= 15 is 0 Å². The highest BCUT2D eigenvalue weighted by Crippen LogP contribution is 2.17. The fraction of sp³-hybridized carbons (Fsp3) is 0.125. The zero-order valence-electron chi connectivity index (χ0n) is 6.61. The Kier molecular flexibility index (Phi) is 2.65. The summed E-state index contributed by atoms with van der Waals surface area (Å²) in [6.45, 7) is 1.47. The summed E-state index contributed by atoms with van der Waals surface area (Å²) in [5.74, 6) is -6.27. The molecule has 0 aliphatic heterocycles. The van der Waals surface area contributed by atoms with Crippen molar-refractivity contribution in [2.24, 2.45) is 0 Å². The zero-order valence-corrected chi connectivity index (χ0v) is 6.61. The molecule has 13 heavy (non-hydrogen) atoms. The van der Waals surface area contributed by atoms with Crippen LogP contribution in [0.1, 0.15) is 12.5 Å². The van der Waals surface area contributed by atoms with Gasteiger partial charge in [0, 0.05) is 0 Å². The SMILES string of the molecule is CC=Cc1c(F)c(F)nc(F)c1F. The van der Waals surface area contributed by atoms with Gasteiger partial charge >= 0.3 is 0 Å². The number of halogens is 4. The summed E-state index contributed by atoms with van der Waals surface area (Å²) in [5.41, 5.74) is -0.757. The highest BCUT2D eigenvalue weighted by atomic mass is 19.2. The molecule has 0 radical (unpaired) electrons. The Hall–Kier alpha value is -1.39. The van der Waals surface area contributed by atoms with Crippen LogP contribution >= 0.6 is 0 Å². The van der Waals surface area contributed by atoms with Crippen LogP contribution in [0, 0.1) is 23.5 Å². The van der Waals surface area contributed by atoms with Gasteiger partial charge in [0.15, 0.2) is 11.6 Å². The van der Waals surface area contributed by atoms with Gasteiger partial charge in [0.2, 0.25) is 0 Å². The first-order valence-electron chi connectivity index (χ1n) is 3.40. The Morgan fingerprint density at radius 3 is 1.85 bits per heavy atom. The lowest BCUT2D eigenvalue weighted by atomic mass is 10.2. The maximum absolute atomic E-state index is 12.7. The Bertz CT molecular complexity index is 333. The highest BCUT2D eigenvalue weighted by Gasteiger charge is 2.17. The zero-order chi connectivity index (χ0) is 10.0. The van der Waals surface area contributed by atoms with Crippen molar-refractivity contribution in [3.63, 3.8) is 0 Å². The van der Waals surface area contributed by atoms with Gasteiger partial charge in [-0.15, -0.1) is 0 Å². The molecule has 0 unspecified atom stereocenters. The van der Waals surface area contributed by atoms with E-state index in [4.69, 9.17) is 0 Å². The van der Waals surface area contributed by atoms with E-state index in [9.17, 15) is 17.6 Å². The monoisotopic (exact) mass is 191 g/mol. The van der Waals surface area contributed by atoms with E-state index in [0.717, 1.165) is 6.08 Å². The standard InChI is InChI=1S/C8H5F4N/c1-2-3-4-5(9)7(11)13-8(12)6(4)10/h2-3H,1H3. The predicted octanol–water partition coefficient (Wildman–Crippen LogP) is 2.67. The molecule has 1 nitrogen and oxygen atoms in total. The number of hydrogen-bond donors (Lipinski definition) is 0. The average Bonchev–Trinajstić information content (AvgIpc) is 2.09. The normalized spacial score (nSPS) is 11.2. The van der Waals surface area contributed by atoms with Crippen LogP contribution in [-0.2, 0) is 0 Å². The minimum absolute atomic E-state index is 0.757. The lowest BCUT2D eigenvalue weighted by Gasteiger charge is -2.00. The third kappa shape index (κ3) is 1.68. The smallest absolute Gasteiger partial charge is 0.201 e. The van der Waals surface area contributed by atoms with Gasteiger partial charge < -0.3 is 0 Å². The van der Waals surface area contributed by atoms with E-state index in [1.54, 1.807) is 0 Å². The Balaban J connectivity index is 3.46. The minimum Gasteiger partial charge on any atom is -0.201 e. The van der Waals surface area contributed by atoms with Gasteiger partial charge in [0.05, 0.1) is 5.56 Å². The van der Waals surface area contributed by atoms with Crippen molar-refractivity contribution in [3.05, 3.63) is 35.2 Å². The summed E-state index contributed by atoms with van der Waals surface area (Å²) in [5, 5.41) is 0. The number of hydrogen-bond acceptors (Lipinski definition) is 1. The van der Waals surface area contributed by atoms with E-state index in [2.05, 4.69) is 4.98 Å². The van der Waals surface area contributed by atoms with Gasteiger partial charge in [0.1, 0.15) is 0 Å². The van der Waals surface area contributed by atoms with Crippen molar-refractivity contribution in [2.75, 3.05) is 0 Å². The molecule has 0 N–H and O–H groups in total. The van der Waals surface area contributed by atoms with Crippen molar-refractivity contribution in [3.8, 4) is 0 Å². The number of allylic oxidation sites excluding steroid dienone is 1.